The van der Waals surface area contributed by atoms with Crippen LogP contribution in [0.25, 0.3) is 0 Å². The number of carbonyl (C=O) groups is 1. The van der Waals surface area contributed by atoms with E-state index < -0.39 is 0 Å². The first-order chi connectivity index (χ1) is 13.2. The van der Waals surface area contributed by atoms with Crippen molar-refractivity contribution in [2.75, 3.05) is 66.8 Å². The van der Waals surface area contributed by atoms with Crippen molar-refractivity contribution < 1.29 is 23.7 Å². The van der Waals surface area contributed by atoms with Crippen LogP contribution in [0.2, 0.25) is 0 Å². The molecule has 27 heavy (non-hydrogen) atoms. The summed E-state index contributed by atoms with van der Waals surface area (Å²) in [6.45, 7) is 5.55. The summed E-state index contributed by atoms with van der Waals surface area (Å²) >= 11 is 0. The van der Waals surface area contributed by atoms with Crippen molar-refractivity contribution in [1.82, 2.24) is 15.1 Å². The molecule has 0 aliphatic carbocycles. The Bertz CT molecular complexity index is 607. The summed E-state index contributed by atoms with van der Waals surface area (Å²) < 4.78 is 21.7. The lowest BCUT2D eigenvalue weighted by atomic mass is 10.2. The molecule has 2 aliphatic heterocycles. The van der Waals surface area contributed by atoms with E-state index in [0.29, 0.717) is 32.9 Å². The number of methoxy groups -OCH3 is 2. The van der Waals surface area contributed by atoms with Gasteiger partial charge in [-0.2, -0.15) is 0 Å². The fourth-order valence-corrected chi connectivity index (χ4v) is 3.31. The SMILES string of the molecule is COc1cccc(OCCN2CCN(C(=O)N[C@H]3COC[C@@H]3OC)CC2)c1. The Kier molecular flexibility index (Phi) is 7.14. The van der Waals surface area contributed by atoms with Crippen molar-refractivity contribution >= 4 is 6.03 Å². The van der Waals surface area contributed by atoms with E-state index in [1.807, 2.05) is 29.2 Å². The molecule has 2 fully saturated rings. The zero-order valence-corrected chi connectivity index (χ0v) is 16.1. The average Bonchev–Trinajstić information content (AvgIpc) is 3.15. The third kappa shape index (κ3) is 5.47. The average molecular weight is 379 g/mol. The van der Waals surface area contributed by atoms with E-state index in [4.69, 9.17) is 18.9 Å². The van der Waals surface area contributed by atoms with Crippen molar-refractivity contribution in [3.63, 3.8) is 0 Å². The number of rotatable bonds is 7. The summed E-state index contributed by atoms with van der Waals surface area (Å²) in [6, 6.07) is 7.49. The van der Waals surface area contributed by atoms with Crippen molar-refractivity contribution in [2.24, 2.45) is 0 Å². The van der Waals surface area contributed by atoms with Crippen molar-refractivity contribution in [3.8, 4) is 11.5 Å². The number of nitrogens with zero attached hydrogens (tertiary/aromatic N) is 2. The van der Waals surface area contributed by atoms with E-state index in [0.717, 1.165) is 31.1 Å². The Labute approximate surface area is 160 Å². The Morgan fingerprint density at radius 2 is 1.96 bits per heavy atom. The van der Waals surface area contributed by atoms with Crippen LogP contribution in [0.3, 0.4) is 0 Å². The third-order valence-electron chi connectivity index (χ3n) is 5.02. The largest absolute Gasteiger partial charge is 0.497 e. The summed E-state index contributed by atoms with van der Waals surface area (Å²) in [5.41, 5.74) is 0. The van der Waals surface area contributed by atoms with E-state index in [1.54, 1.807) is 14.2 Å². The van der Waals surface area contributed by atoms with Gasteiger partial charge in [0.15, 0.2) is 0 Å². The maximum Gasteiger partial charge on any atom is 0.317 e. The van der Waals surface area contributed by atoms with Crippen LogP contribution in [-0.4, -0.2) is 94.7 Å². The highest BCUT2D eigenvalue weighted by Crippen LogP contribution is 2.18. The molecule has 2 amide bonds. The molecular weight excluding hydrogens is 350 g/mol. The smallest absolute Gasteiger partial charge is 0.317 e. The number of ether oxygens (including phenoxy) is 4. The molecule has 2 atom stereocenters. The van der Waals surface area contributed by atoms with Gasteiger partial charge in [0.1, 0.15) is 24.2 Å². The number of hydrogen-bond acceptors (Lipinski definition) is 6. The number of amides is 2. The van der Waals surface area contributed by atoms with Crippen molar-refractivity contribution in [1.29, 1.82) is 0 Å². The first-order valence-corrected chi connectivity index (χ1v) is 9.35. The van der Waals surface area contributed by atoms with Gasteiger partial charge >= 0.3 is 6.03 Å². The highest BCUT2D eigenvalue weighted by Gasteiger charge is 2.31. The van der Waals surface area contributed by atoms with Crippen LogP contribution in [0.4, 0.5) is 4.79 Å². The Morgan fingerprint density at radius 1 is 1.19 bits per heavy atom. The standard InChI is InChI=1S/C19H29N3O5/c1-24-15-4-3-5-16(12-15)27-11-10-21-6-8-22(9-7-21)19(23)20-17-13-26-14-18(17)25-2/h3-5,12,17-18H,6-11,13-14H2,1-2H3,(H,20,23)/t17-,18-/m0/s1. The van der Waals surface area contributed by atoms with Gasteiger partial charge in [0.2, 0.25) is 0 Å². The summed E-state index contributed by atoms with van der Waals surface area (Å²) in [6.07, 6.45) is -0.0657. The molecule has 0 radical (unpaired) electrons. The van der Waals surface area contributed by atoms with E-state index >= 15 is 0 Å². The molecule has 0 unspecified atom stereocenters. The number of piperazine rings is 1. The fourth-order valence-electron chi connectivity index (χ4n) is 3.31. The second-order valence-electron chi connectivity index (χ2n) is 6.72. The van der Waals surface area contributed by atoms with Gasteiger partial charge < -0.3 is 29.2 Å². The van der Waals surface area contributed by atoms with Gasteiger partial charge in [0.25, 0.3) is 0 Å². The Balaban J connectivity index is 1.35. The maximum absolute atomic E-state index is 12.4. The zero-order valence-electron chi connectivity index (χ0n) is 16.1. The molecule has 1 N–H and O–H groups in total. The molecule has 0 aromatic heterocycles. The lowest BCUT2D eigenvalue weighted by molar-refractivity contribution is 0.0721. The topological polar surface area (TPSA) is 72.5 Å². The molecular formula is C19H29N3O5. The zero-order chi connectivity index (χ0) is 19.1. The molecule has 2 heterocycles. The van der Waals surface area contributed by atoms with Gasteiger partial charge in [-0.25, -0.2) is 4.79 Å². The van der Waals surface area contributed by atoms with Crippen LogP contribution in [0.15, 0.2) is 24.3 Å². The van der Waals surface area contributed by atoms with Gasteiger partial charge in [-0.05, 0) is 12.1 Å². The molecule has 0 bridgehead atoms. The second kappa shape index (κ2) is 9.77. The molecule has 8 nitrogen and oxygen atoms in total. The molecule has 1 aromatic rings. The summed E-state index contributed by atoms with van der Waals surface area (Å²) in [7, 11) is 3.29. The normalized spacial score (nSPS) is 23.3. The minimum absolute atomic E-state index is 0.0418. The second-order valence-corrected chi connectivity index (χ2v) is 6.72. The predicted octanol–water partition coefficient (Wildman–Crippen LogP) is 0.815. The van der Waals surface area contributed by atoms with Crippen LogP contribution < -0.4 is 14.8 Å². The predicted molar refractivity (Wildman–Crippen MR) is 100 cm³/mol. The monoisotopic (exact) mass is 379 g/mol. The minimum atomic E-state index is -0.0724. The molecule has 2 aliphatic rings. The van der Waals surface area contributed by atoms with E-state index in [2.05, 4.69) is 10.2 Å². The lowest BCUT2D eigenvalue weighted by Crippen LogP contribution is -2.55. The molecule has 3 rings (SSSR count). The highest BCUT2D eigenvalue weighted by atomic mass is 16.5. The van der Waals surface area contributed by atoms with E-state index in [-0.39, 0.29) is 18.2 Å². The van der Waals surface area contributed by atoms with Crippen molar-refractivity contribution in [2.45, 2.75) is 12.1 Å². The van der Waals surface area contributed by atoms with E-state index in [1.165, 1.54) is 0 Å². The first kappa shape index (κ1) is 19.7. The van der Waals surface area contributed by atoms with Gasteiger partial charge in [0, 0.05) is 45.9 Å². The highest BCUT2D eigenvalue weighted by molar-refractivity contribution is 5.74. The fraction of sp³-hybridized carbons (Fsp3) is 0.632. The quantitative estimate of drug-likeness (QED) is 0.756. The molecule has 2 saturated heterocycles. The number of urea groups is 1. The van der Waals surface area contributed by atoms with Crippen LogP contribution in [0.5, 0.6) is 11.5 Å². The Hall–Kier alpha value is -2.03. The van der Waals surface area contributed by atoms with Crippen LogP contribution >= 0.6 is 0 Å². The first-order valence-electron chi connectivity index (χ1n) is 9.35. The van der Waals surface area contributed by atoms with Crippen LogP contribution in [0.1, 0.15) is 0 Å². The summed E-state index contributed by atoms with van der Waals surface area (Å²) in [5.74, 6) is 1.59. The van der Waals surface area contributed by atoms with Gasteiger partial charge in [-0.1, -0.05) is 6.07 Å². The summed E-state index contributed by atoms with van der Waals surface area (Å²) in [5, 5.41) is 3.02. The number of benzene rings is 1. The minimum Gasteiger partial charge on any atom is -0.497 e. The molecule has 150 valence electrons. The molecule has 0 saturated carbocycles. The lowest BCUT2D eigenvalue weighted by Gasteiger charge is -2.35. The van der Waals surface area contributed by atoms with Crippen molar-refractivity contribution in [3.05, 3.63) is 24.3 Å². The van der Waals surface area contributed by atoms with Gasteiger partial charge in [-0.3, -0.25) is 4.90 Å². The molecule has 0 spiro atoms. The van der Waals surface area contributed by atoms with Gasteiger partial charge in [0.05, 0.1) is 26.4 Å². The van der Waals surface area contributed by atoms with Crippen LogP contribution in [-0.2, 0) is 9.47 Å². The number of carbonyl (C=O) groups excluding carboxylic acids is 1. The van der Waals surface area contributed by atoms with E-state index in [9.17, 15) is 4.79 Å². The Morgan fingerprint density at radius 3 is 2.70 bits per heavy atom. The maximum atomic E-state index is 12.4. The summed E-state index contributed by atoms with van der Waals surface area (Å²) in [4.78, 5) is 16.6. The number of nitrogens with one attached hydrogen (secondary N) is 1. The third-order valence-corrected chi connectivity index (χ3v) is 5.02. The number of hydrogen-bond donors (Lipinski definition) is 1. The van der Waals surface area contributed by atoms with Gasteiger partial charge in [-0.15, -0.1) is 0 Å². The van der Waals surface area contributed by atoms with Crippen LogP contribution in [0, 0.1) is 0 Å². The molecule has 8 heteroatoms. The molecule has 1 aromatic carbocycles.